The van der Waals surface area contributed by atoms with Gasteiger partial charge in [-0.25, -0.2) is 9.97 Å². The Hall–Kier alpha value is -1.73. The molecule has 17 heavy (non-hydrogen) atoms. The first kappa shape index (κ1) is 10.4. The van der Waals surface area contributed by atoms with Crippen molar-refractivity contribution in [2.45, 2.75) is 10.1 Å². The van der Waals surface area contributed by atoms with E-state index in [-0.39, 0.29) is 0 Å². The molecule has 3 rings (SSSR count). The molecular weight excluding hydrogens is 256 g/mol. The minimum atomic E-state index is 0.553. The van der Waals surface area contributed by atoms with Gasteiger partial charge in [-0.2, -0.15) is 0 Å². The normalized spacial score (nSPS) is 10.8. The van der Waals surface area contributed by atoms with Gasteiger partial charge in [-0.1, -0.05) is 0 Å². The van der Waals surface area contributed by atoms with E-state index in [2.05, 4.69) is 15.0 Å². The molecule has 0 aliphatic rings. The van der Waals surface area contributed by atoms with Gasteiger partial charge < -0.3 is 0 Å². The molecule has 0 aliphatic heterocycles. The fraction of sp³-hybridized carbons (Fsp3) is 0. The first-order valence-corrected chi connectivity index (χ1v) is 6.42. The summed E-state index contributed by atoms with van der Waals surface area (Å²) < 4.78 is 1.77. The van der Waals surface area contributed by atoms with Crippen LogP contribution in [0.15, 0.2) is 40.2 Å². The standard InChI is InChI=1S/C10H6N4OS2/c15-6-7-9(13-10-14(7)3-4-16-10)17-8-5-11-1-2-12-8/h1-6H. The van der Waals surface area contributed by atoms with Gasteiger partial charge in [0.05, 0.1) is 6.20 Å². The summed E-state index contributed by atoms with van der Waals surface area (Å²) in [4.78, 5) is 24.4. The summed E-state index contributed by atoms with van der Waals surface area (Å²) in [5.74, 6) is 0. The maximum absolute atomic E-state index is 11.1. The second kappa shape index (κ2) is 4.27. The Morgan fingerprint density at radius 3 is 3.12 bits per heavy atom. The number of hydrogen-bond acceptors (Lipinski definition) is 6. The van der Waals surface area contributed by atoms with Gasteiger partial charge in [0.1, 0.15) is 15.7 Å². The van der Waals surface area contributed by atoms with Crippen molar-refractivity contribution < 1.29 is 4.79 Å². The molecule has 3 aromatic heterocycles. The fourth-order valence-electron chi connectivity index (χ4n) is 1.40. The van der Waals surface area contributed by atoms with Crippen LogP contribution < -0.4 is 0 Å². The monoisotopic (exact) mass is 262 g/mol. The molecule has 7 heteroatoms. The maximum atomic E-state index is 11.1. The number of thiazole rings is 1. The second-order valence-electron chi connectivity index (χ2n) is 3.12. The molecule has 3 heterocycles. The van der Waals surface area contributed by atoms with Gasteiger partial charge in [-0.3, -0.25) is 14.2 Å². The maximum Gasteiger partial charge on any atom is 0.195 e. The van der Waals surface area contributed by atoms with Crippen molar-refractivity contribution in [1.82, 2.24) is 19.4 Å². The second-order valence-corrected chi connectivity index (χ2v) is 5.00. The van der Waals surface area contributed by atoms with Crippen molar-refractivity contribution in [3.63, 3.8) is 0 Å². The minimum absolute atomic E-state index is 0.553. The van der Waals surface area contributed by atoms with Crippen LogP contribution in [0.4, 0.5) is 0 Å². The molecule has 0 fully saturated rings. The quantitative estimate of drug-likeness (QED) is 0.677. The fourth-order valence-corrected chi connectivity index (χ4v) is 2.99. The van der Waals surface area contributed by atoms with E-state index >= 15 is 0 Å². The molecule has 0 unspecified atom stereocenters. The van der Waals surface area contributed by atoms with Crippen LogP contribution in [-0.2, 0) is 0 Å². The highest BCUT2D eigenvalue weighted by atomic mass is 32.2. The number of fused-ring (bicyclic) bond motifs is 1. The summed E-state index contributed by atoms with van der Waals surface area (Å²) in [6, 6.07) is 0. The van der Waals surface area contributed by atoms with Crippen molar-refractivity contribution in [3.05, 3.63) is 35.9 Å². The zero-order valence-electron chi connectivity index (χ0n) is 8.48. The van der Waals surface area contributed by atoms with E-state index in [4.69, 9.17) is 0 Å². The van der Waals surface area contributed by atoms with E-state index in [1.54, 1.807) is 23.0 Å². The number of rotatable bonds is 3. The Morgan fingerprint density at radius 2 is 2.35 bits per heavy atom. The van der Waals surface area contributed by atoms with Crippen LogP contribution >= 0.6 is 23.1 Å². The minimum Gasteiger partial charge on any atom is -0.296 e. The van der Waals surface area contributed by atoms with Gasteiger partial charge in [0.2, 0.25) is 0 Å². The topological polar surface area (TPSA) is 60.2 Å². The highest BCUT2D eigenvalue weighted by molar-refractivity contribution is 7.99. The smallest absolute Gasteiger partial charge is 0.195 e. The number of imidazole rings is 1. The molecule has 0 atom stereocenters. The first-order valence-electron chi connectivity index (χ1n) is 4.73. The molecule has 3 aromatic rings. The Bertz CT molecular complexity index is 661. The molecule has 0 saturated carbocycles. The Labute approximate surface area is 105 Å². The van der Waals surface area contributed by atoms with Crippen LogP contribution in [0.3, 0.4) is 0 Å². The van der Waals surface area contributed by atoms with Gasteiger partial charge in [0.15, 0.2) is 11.2 Å². The van der Waals surface area contributed by atoms with Crippen LogP contribution in [0.5, 0.6) is 0 Å². The van der Waals surface area contributed by atoms with E-state index < -0.39 is 0 Å². The van der Waals surface area contributed by atoms with Gasteiger partial charge in [-0.15, -0.1) is 11.3 Å². The zero-order valence-corrected chi connectivity index (χ0v) is 10.1. The Kier molecular flexibility index (Phi) is 2.62. The summed E-state index contributed by atoms with van der Waals surface area (Å²) in [5, 5.41) is 3.28. The van der Waals surface area contributed by atoms with Crippen LogP contribution in [0.25, 0.3) is 4.96 Å². The summed E-state index contributed by atoms with van der Waals surface area (Å²) >= 11 is 2.83. The molecule has 0 aromatic carbocycles. The Balaban J connectivity index is 2.05. The zero-order chi connectivity index (χ0) is 11.7. The van der Waals surface area contributed by atoms with Gasteiger partial charge in [0.25, 0.3) is 0 Å². The lowest BCUT2D eigenvalue weighted by molar-refractivity contribution is 0.111. The largest absolute Gasteiger partial charge is 0.296 e. The predicted octanol–water partition coefficient (Wildman–Crippen LogP) is 2.15. The SMILES string of the molecule is O=Cc1c(Sc2cnccn2)nc2sccn12. The summed E-state index contributed by atoms with van der Waals surface area (Å²) in [5.41, 5.74) is 0.553. The van der Waals surface area contributed by atoms with Gasteiger partial charge in [-0.05, 0) is 11.8 Å². The third-order valence-electron chi connectivity index (χ3n) is 2.12. The third-order valence-corrected chi connectivity index (χ3v) is 3.79. The third kappa shape index (κ3) is 1.83. The highest BCUT2D eigenvalue weighted by Gasteiger charge is 2.13. The van der Waals surface area contributed by atoms with Crippen LogP contribution in [0.1, 0.15) is 10.5 Å². The lowest BCUT2D eigenvalue weighted by Gasteiger charge is -1.96. The average molecular weight is 262 g/mol. The number of carbonyl (C=O) groups is 1. The van der Waals surface area contributed by atoms with Crippen LogP contribution in [-0.4, -0.2) is 25.6 Å². The van der Waals surface area contributed by atoms with Crippen LogP contribution in [0.2, 0.25) is 0 Å². The van der Waals surface area contributed by atoms with E-state index in [9.17, 15) is 4.79 Å². The van der Waals surface area contributed by atoms with E-state index in [0.717, 1.165) is 16.3 Å². The molecule has 0 radical (unpaired) electrons. The Morgan fingerprint density at radius 1 is 1.41 bits per heavy atom. The van der Waals surface area contributed by atoms with Gasteiger partial charge in [0, 0.05) is 24.0 Å². The number of aromatic nitrogens is 4. The van der Waals surface area contributed by atoms with Crippen molar-refractivity contribution >= 4 is 34.3 Å². The highest BCUT2D eigenvalue weighted by Crippen LogP contribution is 2.29. The van der Waals surface area contributed by atoms with Gasteiger partial charge >= 0.3 is 0 Å². The average Bonchev–Trinajstić information content (AvgIpc) is 2.90. The molecule has 0 N–H and O–H groups in total. The summed E-state index contributed by atoms with van der Waals surface area (Å²) in [7, 11) is 0. The molecule has 0 amide bonds. The number of aldehydes is 1. The molecule has 0 aliphatic carbocycles. The molecule has 0 bridgehead atoms. The number of nitrogens with zero attached hydrogens (tertiary/aromatic N) is 4. The molecule has 5 nitrogen and oxygen atoms in total. The lowest BCUT2D eigenvalue weighted by Crippen LogP contribution is -1.89. The van der Waals surface area contributed by atoms with E-state index in [1.807, 2.05) is 11.6 Å². The molecule has 0 spiro atoms. The number of hydrogen-bond donors (Lipinski definition) is 0. The van der Waals surface area contributed by atoms with Crippen molar-refractivity contribution in [2.24, 2.45) is 0 Å². The first-order chi connectivity index (χ1) is 8.38. The predicted molar refractivity (Wildman–Crippen MR) is 64.6 cm³/mol. The number of carbonyl (C=O) groups excluding carboxylic acids is 1. The molecule has 84 valence electrons. The molecule has 0 saturated heterocycles. The lowest BCUT2D eigenvalue weighted by atomic mass is 10.5. The summed E-state index contributed by atoms with van der Waals surface area (Å²) in [6.45, 7) is 0. The summed E-state index contributed by atoms with van der Waals surface area (Å²) in [6.07, 6.45) is 7.51. The van der Waals surface area contributed by atoms with Crippen molar-refractivity contribution in [3.8, 4) is 0 Å². The van der Waals surface area contributed by atoms with E-state index in [0.29, 0.717) is 10.7 Å². The molecular formula is C10H6N4OS2. The van der Waals surface area contributed by atoms with Crippen LogP contribution in [0, 0.1) is 0 Å². The van der Waals surface area contributed by atoms with Crippen molar-refractivity contribution in [2.75, 3.05) is 0 Å². The van der Waals surface area contributed by atoms with Crippen molar-refractivity contribution in [1.29, 1.82) is 0 Å². The van der Waals surface area contributed by atoms with E-state index in [1.165, 1.54) is 23.1 Å².